The molecule has 3 rings (SSSR count). The van der Waals surface area contributed by atoms with E-state index in [9.17, 15) is 14.7 Å². The van der Waals surface area contributed by atoms with Crippen molar-refractivity contribution in [3.8, 4) is 0 Å². The maximum atomic E-state index is 12.4. The highest BCUT2D eigenvalue weighted by molar-refractivity contribution is 9.10. The minimum Gasteiger partial charge on any atom is -0.478 e. The molecule has 0 aliphatic carbocycles. The molecule has 0 atom stereocenters. The van der Waals surface area contributed by atoms with Crippen LogP contribution < -0.4 is 5.56 Å². The average Bonchev–Trinajstić information content (AvgIpc) is 2.50. The van der Waals surface area contributed by atoms with Crippen molar-refractivity contribution in [3.63, 3.8) is 0 Å². The van der Waals surface area contributed by atoms with Crippen molar-refractivity contribution < 1.29 is 9.90 Å². The largest absolute Gasteiger partial charge is 0.478 e. The van der Waals surface area contributed by atoms with Gasteiger partial charge in [-0.15, -0.1) is 0 Å². The second kappa shape index (κ2) is 5.73. The Morgan fingerprint density at radius 3 is 2.77 bits per heavy atom. The zero-order valence-electron chi connectivity index (χ0n) is 11.4. The number of nitrogens with zero attached hydrogens (tertiary/aromatic N) is 2. The molecule has 0 unspecified atom stereocenters. The Morgan fingerprint density at radius 1 is 1.23 bits per heavy atom. The van der Waals surface area contributed by atoms with Gasteiger partial charge in [-0.3, -0.25) is 4.79 Å². The lowest BCUT2D eigenvalue weighted by atomic mass is 10.1. The zero-order chi connectivity index (χ0) is 15.7. The molecule has 2 aromatic carbocycles. The van der Waals surface area contributed by atoms with Crippen molar-refractivity contribution in [2.24, 2.45) is 0 Å². The normalized spacial score (nSPS) is 10.8. The standard InChI is InChI=1S/C16H11BrN2O3/c17-12-5-6-14(16(21)22)11(7-12)9-19-15(20)13-4-2-1-3-10(13)8-18-19/h1-8H,9H2,(H,21,22). The summed E-state index contributed by atoms with van der Waals surface area (Å²) in [5, 5.41) is 14.7. The van der Waals surface area contributed by atoms with Crippen molar-refractivity contribution in [2.75, 3.05) is 0 Å². The minimum absolute atomic E-state index is 0.102. The van der Waals surface area contributed by atoms with Crippen molar-refractivity contribution in [3.05, 3.63) is 74.6 Å². The monoisotopic (exact) mass is 358 g/mol. The van der Waals surface area contributed by atoms with Crippen LogP contribution in [-0.4, -0.2) is 20.9 Å². The van der Waals surface area contributed by atoms with E-state index in [1.807, 2.05) is 12.1 Å². The van der Waals surface area contributed by atoms with E-state index in [1.165, 1.54) is 10.7 Å². The maximum absolute atomic E-state index is 12.4. The molecule has 1 N–H and O–H groups in total. The molecule has 3 aromatic rings. The molecule has 0 saturated carbocycles. The second-order valence-corrected chi connectivity index (χ2v) is 5.72. The number of hydrogen-bond donors (Lipinski definition) is 1. The van der Waals surface area contributed by atoms with Gasteiger partial charge >= 0.3 is 5.97 Å². The van der Waals surface area contributed by atoms with Gasteiger partial charge in [-0.25, -0.2) is 9.48 Å². The number of carboxylic acids is 1. The molecule has 0 radical (unpaired) electrons. The van der Waals surface area contributed by atoms with Crippen LogP contribution in [0.3, 0.4) is 0 Å². The van der Waals surface area contributed by atoms with E-state index < -0.39 is 5.97 Å². The summed E-state index contributed by atoms with van der Waals surface area (Å²) < 4.78 is 2.03. The van der Waals surface area contributed by atoms with E-state index in [0.717, 1.165) is 9.86 Å². The first-order chi connectivity index (χ1) is 10.6. The van der Waals surface area contributed by atoms with Crippen LogP contribution in [0.1, 0.15) is 15.9 Å². The predicted octanol–water partition coefficient (Wildman–Crippen LogP) is 2.91. The summed E-state index contributed by atoms with van der Waals surface area (Å²) in [6, 6.07) is 12.0. The number of aromatic nitrogens is 2. The summed E-state index contributed by atoms with van der Waals surface area (Å²) in [7, 11) is 0. The van der Waals surface area contributed by atoms with E-state index in [4.69, 9.17) is 0 Å². The van der Waals surface area contributed by atoms with Crippen LogP contribution >= 0.6 is 15.9 Å². The number of aromatic carboxylic acids is 1. The SMILES string of the molecule is O=C(O)c1ccc(Br)cc1Cn1ncc2ccccc2c1=O. The lowest BCUT2D eigenvalue weighted by molar-refractivity contribution is 0.0695. The van der Waals surface area contributed by atoms with E-state index >= 15 is 0 Å². The molecule has 0 aliphatic heterocycles. The van der Waals surface area contributed by atoms with Crippen LogP contribution in [0.15, 0.2) is 57.9 Å². The summed E-state index contributed by atoms with van der Waals surface area (Å²) in [5.74, 6) is -1.03. The Kier molecular flexibility index (Phi) is 3.77. The van der Waals surface area contributed by atoms with E-state index in [-0.39, 0.29) is 17.7 Å². The summed E-state index contributed by atoms with van der Waals surface area (Å²) in [5.41, 5.74) is 0.436. The lowest BCUT2D eigenvalue weighted by Gasteiger charge is -2.09. The number of hydrogen-bond acceptors (Lipinski definition) is 3. The van der Waals surface area contributed by atoms with Gasteiger partial charge in [0.15, 0.2) is 0 Å². The molecule has 0 spiro atoms. The summed E-state index contributed by atoms with van der Waals surface area (Å²) in [4.78, 5) is 23.7. The van der Waals surface area contributed by atoms with Crippen LogP contribution in [-0.2, 0) is 6.54 Å². The summed E-state index contributed by atoms with van der Waals surface area (Å²) >= 11 is 3.32. The first-order valence-electron chi connectivity index (χ1n) is 6.53. The average molecular weight is 359 g/mol. The quantitative estimate of drug-likeness (QED) is 0.781. The smallest absolute Gasteiger partial charge is 0.336 e. The van der Waals surface area contributed by atoms with Crippen LogP contribution in [0.4, 0.5) is 0 Å². The third kappa shape index (κ3) is 2.65. The van der Waals surface area contributed by atoms with Gasteiger partial charge in [-0.2, -0.15) is 5.10 Å². The summed E-state index contributed by atoms with van der Waals surface area (Å²) in [6.07, 6.45) is 1.61. The highest BCUT2D eigenvalue weighted by atomic mass is 79.9. The van der Waals surface area contributed by atoms with Gasteiger partial charge in [-0.1, -0.05) is 34.1 Å². The molecule has 0 amide bonds. The lowest BCUT2D eigenvalue weighted by Crippen LogP contribution is -2.24. The zero-order valence-corrected chi connectivity index (χ0v) is 12.9. The Morgan fingerprint density at radius 2 is 2.00 bits per heavy atom. The Balaban J connectivity index is 2.11. The van der Waals surface area contributed by atoms with E-state index in [0.29, 0.717) is 10.9 Å². The number of carboxylic acid groups (broad SMARTS) is 1. The van der Waals surface area contributed by atoms with Crippen molar-refractivity contribution in [2.45, 2.75) is 6.54 Å². The third-order valence-electron chi connectivity index (χ3n) is 3.38. The van der Waals surface area contributed by atoms with Gasteiger partial charge in [0.2, 0.25) is 0 Å². The Hall–Kier alpha value is -2.47. The third-order valence-corrected chi connectivity index (χ3v) is 3.87. The van der Waals surface area contributed by atoms with Crippen molar-refractivity contribution in [1.82, 2.24) is 9.78 Å². The molecular formula is C16H11BrN2O3. The molecule has 0 fully saturated rings. The highest BCUT2D eigenvalue weighted by Crippen LogP contribution is 2.18. The van der Waals surface area contributed by atoms with Crippen LogP contribution in [0.2, 0.25) is 0 Å². The van der Waals surface area contributed by atoms with Crippen molar-refractivity contribution in [1.29, 1.82) is 0 Å². The van der Waals surface area contributed by atoms with Crippen LogP contribution in [0.25, 0.3) is 10.8 Å². The second-order valence-electron chi connectivity index (χ2n) is 4.80. The number of halogens is 1. The predicted molar refractivity (Wildman–Crippen MR) is 86.2 cm³/mol. The molecule has 22 heavy (non-hydrogen) atoms. The Bertz CT molecular complexity index is 934. The molecule has 1 heterocycles. The molecule has 5 nitrogen and oxygen atoms in total. The first kappa shape index (κ1) is 14.5. The number of fused-ring (bicyclic) bond motifs is 1. The number of benzene rings is 2. The van der Waals surface area contributed by atoms with Gasteiger partial charge in [0.25, 0.3) is 5.56 Å². The van der Waals surface area contributed by atoms with Crippen LogP contribution in [0.5, 0.6) is 0 Å². The first-order valence-corrected chi connectivity index (χ1v) is 7.32. The molecule has 0 aliphatic rings. The maximum Gasteiger partial charge on any atom is 0.336 e. The van der Waals surface area contributed by atoms with Gasteiger partial charge < -0.3 is 5.11 Å². The van der Waals surface area contributed by atoms with Crippen LogP contribution in [0, 0.1) is 0 Å². The molecule has 0 bridgehead atoms. The molecule has 1 aromatic heterocycles. The van der Waals surface area contributed by atoms with Gasteiger partial charge in [-0.05, 0) is 29.8 Å². The van der Waals surface area contributed by atoms with Gasteiger partial charge in [0, 0.05) is 9.86 Å². The molecule has 0 saturated heterocycles. The topological polar surface area (TPSA) is 72.2 Å². The minimum atomic E-state index is -1.03. The fourth-order valence-corrected chi connectivity index (χ4v) is 2.71. The number of carbonyl (C=O) groups is 1. The summed E-state index contributed by atoms with van der Waals surface area (Å²) in [6.45, 7) is 0.102. The van der Waals surface area contributed by atoms with Gasteiger partial charge in [0.1, 0.15) is 0 Å². The highest BCUT2D eigenvalue weighted by Gasteiger charge is 2.12. The molecule has 110 valence electrons. The Labute approximate surface area is 134 Å². The van der Waals surface area contributed by atoms with Crippen molar-refractivity contribution >= 4 is 32.7 Å². The van der Waals surface area contributed by atoms with E-state index in [2.05, 4.69) is 21.0 Å². The molecular weight excluding hydrogens is 348 g/mol. The fraction of sp³-hybridized carbons (Fsp3) is 0.0625. The van der Waals surface area contributed by atoms with Gasteiger partial charge in [0.05, 0.1) is 23.7 Å². The number of rotatable bonds is 3. The molecule has 6 heteroatoms. The van der Waals surface area contributed by atoms with E-state index in [1.54, 1.807) is 30.5 Å². The fourth-order valence-electron chi connectivity index (χ4n) is 2.30.